The van der Waals surface area contributed by atoms with Crippen molar-refractivity contribution in [1.29, 1.82) is 0 Å². The SMILES string of the molecule is O=S(=O)(N[C@H]1CC2=C(c3ccn(C(F)F)n3)[C@H](c3ccc(F)cc3Cl)N=C(c3nccs3)N2C1)c1ncc[nH]1. The molecule has 202 valence electrons. The monoisotopic (exact) mass is 594 g/mol. The van der Waals surface area contributed by atoms with Crippen molar-refractivity contribution in [2.24, 2.45) is 4.99 Å². The molecule has 1 fully saturated rings. The molecule has 2 atom stereocenters. The van der Waals surface area contributed by atoms with E-state index in [9.17, 15) is 21.6 Å². The summed E-state index contributed by atoms with van der Waals surface area (Å²) in [5.41, 5.74) is 1.69. The number of aromatic nitrogens is 5. The minimum Gasteiger partial charge on any atom is -0.334 e. The number of fused-ring (bicyclic) bond motifs is 1. The van der Waals surface area contributed by atoms with Crippen molar-refractivity contribution in [3.8, 4) is 0 Å². The van der Waals surface area contributed by atoms with Gasteiger partial charge in [0.1, 0.15) is 11.9 Å². The van der Waals surface area contributed by atoms with Crippen molar-refractivity contribution in [2.45, 2.75) is 30.2 Å². The molecule has 3 aromatic heterocycles. The summed E-state index contributed by atoms with van der Waals surface area (Å²) in [5.74, 6) is -0.100. The van der Waals surface area contributed by atoms with Gasteiger partial charge in [0.15, 0.2) is 10.8 Å². The quantitative estimate of drug-likeness (QED) is 0.331. The van der Waals surface area contributed by atoms with Crippen molar-refractivity contribution >= 4 is 44.4 Å². The number of thiazole rings is 1. The van der Waals surface area contributed by atoms with Crippen LogP contribution in [0.2, 0.25) is 5.02 Å². The second-order valence-electron chi connectivity index (χ2n) is 8.70. The number of hydrogen-bond acceptors (Lipinski definition) is 8. The number of hydrogen-bond donors (Lipinski definition) is 2. The number of halogens is 4. The molecule has 0 saturated carbocycles. The Balaban J connectivity index is 1.51. The fraction of sp³-hybridized carbons (Fsp3) is 0.217. The largest absolute Gasteiger partial charge is 0.334 e. The molecule has 6 rings (SSSR count). The molecule has 0 spiro atoms. The van der Waals surface area contributed by atoms with Crippen LogP contribution in [0.25, 0.3) is 5.57 Å². The van der Waals surface area contributed by atoms with Gasteiger partial charge in [-0.05, 0) is 18.2 Å². The van der Waals surface area contributed by atoms with E-state index in [-0.39, 0.29) is 28.8 Å². The van der Waals surface area contributed by atoms with Gasteiger partial charge in [-0.15, -0.1) is 11.3 Å². The first-order valence-electron chi connectivity index (χ1n) is 11.5. The molecule has 4 aromatic rings. The average Bonchev–Trinajstić information content (AvgIpc) is 3.70. The summed E-state index contributed by atoms with van der Waals surface area (Å²) in [6.07, 6.45) is 5.66. The fourth-order valence-corrected chi connectivity index (χ4v) is 6.75. The highest BCUT2D eigenvalue weighted by molar-refractivity contribution is 7.89. The van der Waals surface area contributed by atoms with Crippen LogP contribution in [0.3, 0.4) is 0 Å². The van der Waals surface area contributed by atoms with E-state index in [1.54, 1.807) is 16.5 Å². The Labute approximate surface area is 228 Å². The summed E-state index contributed by atoms with van der Waals surface area (Å²) in [4.78, 5) is 17.5. The maximum Gasteiger partial charge on any atom is 0.333 e. The van der Waals surface area contributed by atoms with Crippen LogP contribution < -0.4 is 4.72 Å². The molecule has 39 heavy (non-hydrogen) atoms. The van der Waals surface area contributed by atoms with Gasteiger partial charge in [-0.1, -0.05) is 17.7 Å². The van der Waals surface area contributed by atoms with Gasteiger partial charge in [0.05, 0.1) is 5.69 Å². The van der Waals surface area contributed by atoms with Gasteiger partial charge in [0, 0.05) is 71.0 Å². The van der Waals surface area contributed by atoms with E-state index in [4.69, 9.17) is 16.6 Å². The van der Waals surface area contributed by atoms with Gasteiger partial charge in [-0.3, -0.25) is 4.99 Å². The fourth-order valence-electron chi connectivity index (χ4n) is 4.71. The average molecular weight is 595 g/mol. The third-order valence-corrected chi connectivity index (χ3v) is 8.75. The number of amidine groups is 1. The van der Waals surface area contributed by atoms with Crippen LogP contribution in [0.4, 0.5) is 13.2 Å². The topological polar surface area (TPSA) is 121 Å². The standard InChI is InChI=1S/C23H18ClF3N8O2S2/c24-15-9-12(25)1-2-14(15)19-18(16-3-7-35(32-16)22(26)27)17-10-13(33-39(36,37)23-29-4-5-30-23)11-34(17)20(31-19)21-28-6-8-38-21/h1-9,13,19,22,33H,10-11H2,(H,29,30)/t13-,19-/m0/s1. The lowest BCUT2D eigenvalue weighted by atomic mass is 9.92. The first kappa shape index (κ1) is 25.7. The van der Waals surface area contributed by atoms with Crippen molar-refractivity contribution in [1.82, 2.24) is 34.4 Å². The van der Waals surface area contributed by atoms with E-state index in [0.29, 0.717) is 32.4 Å². The molecule has 0 unspecified atom stereocenters. The third-order valence-electron chi connectivity index (χ3n) is 6.27. The van der Waals surface area contributed by atoms with E-state index in [1.165, 1.54) is 41.9 Å². The van der Waals surface area contributed by atoms with Crippen LogP contribution in [0.5, 0.6) is 0 Å². The summed E-state index contributed by atoms with van der Waals surface area (Å²) < 4.78 is 69.9. The van der Waals surface area contributed by atoms with Gasteiger partial charge in [-0.25, -0.2) is 32.2 Å². The van der Waals surface area contributed by atoms with Crippen molar-refractivity contribution in [3.63, 3.8) is 0 Å². The molecule has 0 bridgehead atoms. The Hall–Kier alpha value is -3.53. The van der Waals surface area contributed by atoms with Crippen molar-refractivity contribution in [2.75, 3.05) is 6.54 Å². The molecule has 0 radical (unpaired) electrons. The molecule has 1 aromatic carbocycles. The predicted molar refractivity (Wildman–Crippen MR) is 137 cm³/mol. The van der Waals surface area contributed by atoms with Gasteiger partial charge in [-0.2, -0.15) is 13.9 Å². The number of sulfonamides is 1. The minimum atomic E-state index is -3.98. The molecule has 0 amide bonds. The van der Waals surface area contributed by atoms with Crippen molar-refractivity contribution < 1.29 is 21.6 Å². The number of aromatic amines is 1. The van der Waals surface area contributed by atoms with Crippen LogP contribution in [-0.4, -0.2) is 56.5 Å². The van der Waals surface area contributed by atoms with E-state index >= 15 is 0 Å². The number of nitrogens with one attached hydrogen (secondary N) is 2. The maximum absolute atomic E-state index is 13.9. The first-order chi connectivity index (χ1) is 18.7. The smallest absolute Gasteiger partial charge is 0.333 e. The highest BCUT2D eigenvalue weighted by atomic mass is 35.5. The summed E-state index contributed by atoms with van der Waals surface area (Å²) in [6, 6.07) is 3.82. The third kappa shape index (κ3) is 4.75. The van der Waals surface area contributed by atoms with Gasteiger partial charge in [0.2, 0.25) is 5.16 Å². The van der Waals surface area contributed by atoms with Gasteiger partial charge < -0.3 is 9.88 Å². The predicted octanol–water partition coefficient (Wildman–Crippen LogP) is 4.22. The van der Waals surface area contributed by atoms with Crippen LogP contribution in [0.15, 0.2) is 70.3 Å². The van der Waals surface area contributed by atoms with E-state index in [2.05, 4.69) is 24.8 Å². The van der Waals surface area contributed by atoms with Crippen LogP contribution >= 0.6 is 22.9 Å². The summed E-state index contributed by atoms with van der Waals surface area (Å²) in [6.45, 7) is -2.70. The van der Waals surface area contributed by atoms with Gasteiger partial charge in [0.25, 0.3) is 10.0 Å². The number of alkyl halides is 2. The van der Waals surface area contributed by atoms with E-state index in [0.717, 1.165) is 12.3 Å². The Morgan fingerprint density at radius 1 is 1.21 bits per heavy atom. The number of nitrogens with zero attached hydrogens (tertiary/aromatic N) is 6. The van der Waals surface area contributed by atoms with Gasteiger partial charge >= 0.3 is 6.55 Å². The highest BCUT2D eigenvalue weighted by Gasteiger charge is 2.42. The summed E-state index contributed by atoms with van der Waals surface area (Å²) >= 11 is 7.78. The molecule has 2 aliphatic rings. The molecule has 2 aliphatic heterocycles. The molecule has 0 aliphatic carbocycles. The zero-order valence-electron chi connectivity index (χ0n) is 19.7. The number of rotatable bonds is 7. The number of H-pyrrole nitrogens is 1. The Kier molecular flexibility index (Phi) is 6.53. The van der Waals surface area contributed by atoms with E-state index in [1.807, 2.05) is 0 Å². The minimum absolute atomic E-state index is 0.0927. The lowest BCUT2D eigenvalue weighted by Crippen LogP contribution is -2.39. The molecule has 10 nitrogen and oxygen atoms in total. The number of aliphatic imine (C=N–C) groups is 1. The maximum atomic E-state index is 13.9. The lowest BCUT2D eigenvalue weighted by molar-refractivity contribution is 0.0564. The Morgan fingerprint density at radius 2 is 2.05 bits per heavy atom. The second kappa shape index (κ2) is 9.89. The molecule has 5 heterocycles. The highest BCUT2D eigenvalue weighted by Crippen LogP contribution is 2.46. The Bertz CT molecular complexity index is 1690. The number of imidazole rings is 1. The van der Waals surface area contributed by atoms with E-state index < -0.39 is 34.5 Å². The molecule has 16 heteroatoms. The second-order valence-corrected chi connectivity index (χ2v) is 11.6. The summed E-state index contributed by atoms with van der Waals surface area (Å²) in [5, 5.41) is 6.26. The zero-order chi connectivity index (χ0) is 27.3. The molecular weight excluding hydrogens is 577 g/mol. The van der Waals surface area contributed by atoms with Crippen molar-refractivity contribution in [3.05, 3.63) is 87.2 Å². The zero-order valence-corrected chi connectivity index (χ0v) is 22.1. The summed E-state index contributed by atoms with van der Waals surface area (Å²) in [7, 11) is -3.98. The molecule has 2 N–H and O–H groups in total. The molecular formula is C23H18ClF3N8O2S2. The Morgan fingerprint density at radius 3 is 2.72 bits per heavy atom. The lowest BCUT2D eigenvalue weighted by Gasteiger charge is -2.32. The number of benzene rings is 1. The first-order valence-corrected chi connectivity index (χ1v) is 14.2. The molecule has 1 saturated heterocycles. The van der Waals surface area contributed by atoms with Crippen LogP contribution in [-0.2, 0) is 10.0 Å². The van der Waals surface area contributed by atoms with Crippen LogP contribution in [0, 0.1) is 5.82 Å². The normalized spacial score (nSPS) is 19.6. The van der Waals surface area contributed by atoms with Crippen LogP contribution in [0.1, 0.15) is 35.3 Å².